The maximum Gasteiger partial charge on any atom is 0.149 e. The highest BCUT2D eigenvalue weighted by Gasteiger charge is 2.60. The van der Waals surface area contributed by atoms with Crippen molar-refractivity contribution in [3.8, 4) is 0 Å². The fourth-order valence-electron chi connectivity index (χ4n) is 5.23. The summed E-state index contributed by atoms with van der Waals surface area (Å²) in [5.74, 6) is 0.939. The molecule has 3 aliphatic rings. The average molecular weight is 325 g/mol. The summed E-state index contributed by atoms with van der Waals surface area (Å²) < 4.78 is 0. The van der Waals surface area contributed by atoms with Gasteiger partial charge in [0.15, 0.2) is 0 Å². The van der Waals surface area contributed by atoms with E-state index in [1.165, 1.54) is 11.3 Å². The number of benzene rings is 1. The van der Waals surface area contributed by atoms with Crippen LogP contribution >= 0.6 is 0 Å². The Kier molecular flexibility index (Phi) is 3.42. The minimum absolute atomic E-state index is 0.0484. The van der Waals surface area contributed by atoms with Crippen LogP contribution in [-0.2, 0) is 16.0 Å². The first-order valence-corrected chi connectivity index (χ1v) is 9.25. The first-order chi connectivity index (χ1) is 11.3. The van der Waals surface area contributed by atoms with Crippen LogP contribution in [0.15, 0.2) is 24.3 Å². The van der Waals surface area contributed by atoms with Crippen LogP contribution in [0.4, 0.5) is 5.69 Å². The molecule has 0 N–H and O–H groups in total. The van der Waals surface area contributed by atoms with Crippen molar-refractivity contribution >= 4 is 17.3 Å². The maximum atomic E-state index is 13.3. The SMILES string of the molecule is CC1CCN2c3ccccc3CC3(C(=O)CC(C)(C)CC3=O)C2C1. The Hall–Kier alpha value is -1.64. The Balaban J connectivity index is 1.85. The van der Waals surface area contributed by atoms with Crippen LogP contribution in [0.3, 0.4) is 0 Å². The van der Waals surface area contributed by atoms with E-state index in [0.717, 1.165) is 19.4 Å². The van der Waals surface area contributed by atoms with Crippen molar-refractivity contribution < 1.29 is 9.59 Å². The molecule has 0 radical (unpaired) electrons. The number of rotatable bonds is 0. The highest BCUT2D eigenvalue weighted by atomic mass is 16.2. The summed E-state index contributed by atoms with van der Waals surface area (Å²) >= 11 is 0. The van der Waals surface area contributed by atoms with E-state index in [2.05, 4.69) is 30.0 Å². The van der Waals surface area contributed by atoms with Crippen LogP contribution in [0.25, 0.3) is 0 Å². The molecule has 24 heavy (non-hydrogen) atoms. The lowest BCUT2D eigenvalue weighted by molar-refractivity contribution is -0.151. The second-order valence-electron chi connectivity index (χ2n) is 8.98. The van der Waals surface area contributed by atoms with Crippen LogP contribution < -0.4 is 4.90 Å². The summed E-state index contributed by atoms with van der Waals surface area (Å²) in [6.07, 6.45) is 3.74. The minimum Gasteiger partial charge on any atom is -0.367 e. The number of fused-ring (bicyclic) bond motifs is 4. The largest absolute Gasteiger partial charge is 0.367 e. The summed E-state index contributed by atoms with van der Waals surface area (Å²) in [5.41, 5.74) is 1.41. The smallest absolute Gasteiger partial charge is 0.149 e. The van der Waals surface area contributed by atoms with E-state index < -0.39 is 5.41 Å². The van der Waals surface area contributed by atoms with Crippen LogP contribution in [0.1, 0.15) is 52.0 Å². The van der Waals surface area contributed by atoms with Gasteiger partial charge in [0.05, 0.1) is 0 Å². The molecule has 0 amide bonds. The van der Waals surface area contributed by atoms with Crippen molar-refractivity contribution in [2.75, 3.05) is 11.4 Å². The molecule has 3 heteroatoms. The highest BCUT2D eigenvalue weighted by Crippen LogP contribution is 2.52. The Morgan fingerprint density at radius 1 is 1.04 bits per heavy atom. The van der Waals surface area contributed by atoms with Gasteiger partial charge in [-0.3, -0.25) is 9.59 Å². The lowest BCUT2D eigenvalue weighted by atomic mass is 9.55. The summed E-state index contributed by atoms with van der Waals surface area (Å²) in [6.45, 7) is 7.31. The number of nitrogens with zero attached hydrogens (tertiary/aromatic N) is 1. The zero-order valence-corrected chi connectivity index (χ0v) is 15.0. The molecule has 1 aromatic carbocycles. The number of hydrogen-bond acceptors (Lipinski definition) is 3. The predicted molar refractivity (Wildman–Crippen MR) is 95.1 cm³/mol. The Labute approximate surface area is 144 Å². The van der Waals surface area contributed by atoms with Gasteiger partial charge in [0.2, 0.25) is 0 Å². The highest BCUT2D eigenvalue weighted by molar-refractivity contribution is 6.11. The summed E-state index contributed by atoms with van der Waals surface area (Å²) in [5, 5.41) is 0. The van der Waals surface area contributed by atoms with Crippen LogP contribution in [-0.4, -0.2) is 24.2 Å². The van der Waals surface area contributed by atoms with Gasteiger partial charge in [-0.05, 0) is 42.2 Å². The van der Waals surface area contributed by atoms with E-state index in [1.807, 2.05) is 19.9 Å². The van der Waals surface area contributed by atoms with E-state index in [4.69, 9.17) is 0 Å². The van der Waals surface area contributed by atoms with E-state index in [-0.39, 0.29) is 23.0 Å². The second-order valence-corrected chi connectivity index (χ2v) is 8.98. The molecule has 2 heterocycles. The zero-order chi connectivity index (χ0) is 17.1. The molecule has 3 nitrogen and oxygen atoms in total. The molecule has 128 valence electrons. The zero-order valence-electron chi connectivity index (χ0n) is 15.0. The van der Waals surface area contributed by atoms with Gasteiger partial charge in [-0.1, -0.05) is 39.0 Å². The number of carbonyl (C=O) groups is 2. The van der Waals surface area contributed by atoms with E-state index in [9.17, 15) is 9.59 Å². The first kappa shape index (κ1) is 15.9. The molecule has 2 aliphatic heterocycles. The standard InChI is InChI=1S/C21H27NO2/c1-14-8-9-22-16-7-5-4-6-15(16)11-21(17(22)10-14)18(23)12-20(2,3)13-19(21)24/h4-7,14,17H,8-13H2,1-3H3. The lowest BCUT2D eigenvalue weighted by Gasteiger charge is -2.55. The molecule has 0 aromatic heterocycles. The number of para-hydroxylation sites is 1. The number of anilines is 1. The second kappa shape index (κ2) is 5.18. The van der Waals surface area contributed by atoms with E-state index >= 15 is 0 Å². The topological polar surface area (TPSA) is 37.4 Å². The van der Waals surface area contributed by atoms with Crippen molar-refractivity contribution in [1.82, 2.24) is 0 Å². The van der Waals surface area contributed by atoms with E-state index in [0.29, 0.717) is 25.2 Å². The van der Waals surface area contributed by atoms with Gasteiger partial charge < -0.3 is 4.90 Å². The molecule has 0 bridgehead atoms. The predicted octanol–water partition coefficient (Wildman–Crippen LogP) is 3.79. The molecule has 4 rings (SSSR count). The van der Waals surface area contributed by atoms with Gasteiger partial charge in [0.1, 0.15) is 17.0 Å². The maximum absolute atomic E-state index is 13.3. The van der Waals surface area contributed by atoms with Crippen molar-refractivity contribution in [2.24, 2.45) is 16.7 Å². The molecule has 2 atom stereocenters. The Bertz CT molecular complexity index is 686. The van der Waals surface area contributed by atoms with Crippen LogP contribution in [0.5, 0.6) is 0 Å². The molecule has 1 spiro atoms. The Morgan fingerprint density at radius 3 is 2.42 bits per heavy atom. The fraction of sp³-hybridized carbons (Fsp3) is 0.619. The number of piperidine rings is 1. The first-order valence-electron chi connectivity index (χ1n) is 9.25. The Morgan fingerprint density at radius 2 is 1.71 bits per heavy atom. The molecular formula is C21H27NO2. The average Bonchev–Trinajstić information content (AvgIpc) is 2.51. The molecule has 1 saturated heterocycles. The summed E-state index contributed by atoms with van der Waals surface area (Å²) in [7, 11) is 0. The van der Waals surface area contributed by atoms with Gasteiger partial charge in [0.25, 0.3) is 0 Å². The summed E-state index contributed by atoms with van der Waals surface area (Å²) in [6, 6.07) is 8.41. The minimum atomic E-state index is -0.807. The van der Waals surface area contributed by atoms with Crippen molar-refractivity contribution in [3.63, 3.8) is 0 Å². The quantitative estimate of drug-likeness (QED) is 0.681. The molecule has 1 saturated carbocycles. The van der Waals surface area contributed by atoms with Crippen LogP contribution in [0, 0.1) is 16.7 Å². The third-order valence-electron chi connectivity index (χ3n) is 6.48. The van der Waals surface area contributed by atoms with E-state index in [1.54, 1.807) is 0 Å². The number of ketones is 2. The van der Waals surface area contributed by atoms with Gasteiger partial charge >= 0.3 is 0 Å². The molecular weight excluding hydrogens is 298 g/mol. The normalized spacial score (nSPS) is 30.9. The lowest BCUT2D eigenvalue weighted by Crippen LogP contribution is -2.65. The molecule has 2 unspecified atom stereocenters. The molecule has 1 aliphatic carbocycles. The van der Waals surface area contributed by atoms with Crippen molar-refractivity contribution in [3.05, 3.63) is 29.8 Å². The fourth-order valence-corrected chi connectivity index (χ4v) is 5.23. The van der Waals surface area contributed by atoms with Gasteiger partial charge in [-0.2, -0.15) is 0 Å². The number of hydrogen-bond donors (Lipinski definition) is 0. The molecule has 2 fully saturated rings. The van der Waals surface area contributed by atoms with Gasteiger partial charge in [0, 0.05) is 31.1 Å². The molecule has 1 aromatic rings. The number of carbonyl (C=O) groups excluding carboxylic acids is 2. The van der Waals surface area contributed by atoms with Crippen LogP contribution in [0.2, 0.25) is 0 Å². The third-order valence-corrected chi connectivity index (χ3v) is 6.48. The van der Waals surface area contributed by atoms with Crippen molar-refractivity contribution in [2.45, 2.75) is 58.9 Å². The van der Waals surface area contributed by atoms with Gasteiger partial charge in [-0.15, -0.1) is 0 Å². The number of Topliss-reactive ketones (excluding diaryl/α,β-unsaturated/α-hetero) is 2. The van der Waals surface area contributed by atoms with Gasteiger partial charge in [-0.25, -0.2) is 0 Å². The third kappa shape index (κ3) is 2.17. The monoisotopic (exact) mass is 325 g/mol. The van der Waals surface area contributed by atoms with Crippen molar-refractivity contribution in [1.29, 1.82) is 0 Å². The summed E-state index contributed by atoms with van der Waals surface area (Å²) in [4.78, 5) is 29.0.